The van der Waals surface area contributed by atoms with Crippen molar-refractivity contribution in [2.24, 2.45) is 0 Å². The van der Waals surface area contributed by atoms with Gasteiger partial charge >= 0.3 is 0 Å². The zero-order valence-corrected chi connectivity index (χ0v) is 18.7. The van der Waals surface area contributed by atoms with Gasteiger partial charge in [-0.3, -0.25) is 14.9 Å². The van der Waals surface area contributed by atoms with Crippen LogP contribution in [0.4, 0.5) is 0 Å². The molecule has 7 nitrogen and oxygen atoms in total. The second-order valence-corrected chi connectivity index (χ2v) is 9.52. The summed E-state index contributed by atoms with van der Waals surface area (Å²) in [6, 6.07) is 15.8. The minimum atomic E-state index is -1.18. The molecule has 3 fully saturated rings. The molecule has 0 aromatic heterocycles. The molecule has 2 aromatic carbocycles. The molecule has 1 heterocycles. The summed E-state index contributed by atoms with van der Waals surface area (Å²) < 4.78 is 0. The molecule has 1 unspecified atom stereocenters. The van der Waals surface area contributed by atoms with E-state index in [9.17, 15) is 19.8 Å². The maximum Gasteiger partial charge on any atom is 0.254 e. The molecule has 174 valence electrons. The molecule has 3 aliphatic rings. The summed E-state index contributed by atoms with van der Waals surface area (Å²) in [6.45, 7) is 1.84. The molecule has 1 aliphatic heterocycles. The molecular formula is C26H31N3O4. The second kappa shape index (κ2) is 8.89. The van der Waals surface area contributed by atoms with Gasteiger partial charge in [0.2, 0.25) is 0 Å². The summed E-state index contributed by atoms with van der Waals surface area (Å²) in [6.07, 6.45) is 3.51. The van der Waals surface area contributed by atoms with Crippen LogP contribution in [0.2, 0.25) is 0 Å². The molecule has 2 amide bonds. The fourth-order valence-corrected chi connectivity index (χ4v) is 4.58. The minimum Gasteiger partial charge on any atom is -0.380 e. The largest absolute Gasteiger partial charge is 0.380 e. The molecule has 1 atom stereocenters. The molecule has 33 heavy (non-hydrogen) atoms. The van der Waals surface area contributed by atoms with E-state index in [1.54, 1.807) is 9.80 Å². The lowest BCUT2D eigenvalue weighted by Gasteiger charge is -2.42. The van der Waals surface area contributed by atoms with Crippen LogP contribution in [0.15, 0.2) is 48.5 Å². The van der Waals surface area contributed by atoms with Crippen molar-refractivity contribution >= 4 is 11.8 Å². The average Bonchev–Trinajstić information content (AvgIpc) is 3.66. The van der Waals surface area contributed by atoms with Crippen LogP contribution in [0.1, 0.15) is 54.3 Å². The van der Waals surface area contributed by atoms with Crippen LogP contribution in [0.5, 0.6) is 0 Å². The lowest BCUT2D eigenvalue weighted by atomic mass is 9.79. The van der Waals surface area contributed by atoms with E-state index in [0.29, 0.717) is 50.6 Å². The van der Waals surface area contributed by atoms with E-state index >= 15 is 0 Å². The number of rotatable bonds is 6. The maximum atomic E-state index is 13.0. The standard InChI is InChI=1S/C26H31N3O4/c30-23(27-22-9-10-22)21-4-1-3-20(17-21)18-5-7-19(8-6-18)24(31)28-13-15-29(16-14-28)25(32)26(33)11-2-12-26/h1,3-8,17,22-23,27,30,33H,2,9-16H2. The summed E-state index contributed by atoms with van der Waals surface area (Å²) in [5, 5.41) is 23.9. The van der Waals surface area contributed by atoms with Gasteiger partial charge in [-0.05, 0) is 67.0 Å². The quantitative estimate of drug-likeness (QED) is 0.589. The number of nitrogens with one attached hydrogen (secondary N) is 1. The molecule has 2 aromatic rings. The number of piperazine rings is 1. The average molecular weight is 450 g/mol. The molecule has 1 saturated heterocycles. The topological polar surface area (TPSA) is 93.1 Å². The molecule has 0 radical (unpaired) electrons. The van der Waals surface area contributed by atoms with Gasteiger partial charge in [0.1, 0.15) is 11.8 Å². The Labute approximate surface area is 194 Å². The van der Waals surface area contributed by atoms with E-state index in [4.69, 9.17) is 0 Å². The zero-order valence-electron chi connectivity index (χ0n) is 18.7. The van der Waals surface area contributed by atoms with Crippen LogP contribution < -0.4 is 5.32 Å². The number of amides is 2. The fraction of sp³-hybridized carbons (Fsp3) is 0.462. The number of carbonyl (C=O) groups excluding carboxylic acids is 2. The van der Waals surface area contributed by atoms with E-state index in [2.05, 4.69) is 5.32 Å². The van der Waals surface area contributed by atoms with E-state index in [1.165, 1.54) is 0 Å². The molecule has 7 heteroatoms. The van der Waals surface area contributed by atoms with Crippen LogP contribution in [-0.2, 0) is 4.79 Å². The van der Waals surface area contributed by atoms with Gasteiger partial charge in [-0.15, -0.1) is 0 Å². The number of benzene rings is 2. The predicted octanol–water partition coefficient (Wildman–Crippen LogP) is 2.30. The van der Waals surface area contributed by atoms with Gasteiger partial charge in [0.15, 0.2) is 0 Å². The molecule has 3 N–H and O–H groups in total. The van der Waals surface area contributed by atoms with Crippen LogP contribution >= 0.6 is 0 Å². The Morgan fingerprint density at radius 1 is 0.939 bits per heavy atom. The fourth-order valence-electron chi connectivity index (χ4n) is 4.58. The van der Waals surface area contributed by atoms with Crippen molar-refractivity contribution in [1.29, 1.82) is 0 Å². The zero-order chi connectivity index (χ0) is 23.0. The van der Waals surface area contributed by atoms with Crippen molar-refractivity contribution in [3.8, 4) is 11.1 Å². The third kappa shape index (κ3) is 4.67. The Bertz CT molecular complexity index is 1020. The Kier molecular flexibility index (Phi) is 5.95. The summed E-state index contributed by atoms with van der Waals surface area (Å²) >= 11 is 0. The van der Waals surface area contributed by atoms with Crippen LogP contribution in [0.3, 0.4) is 0 Å². The first kappa shape index (κ1) is 22.1. The SMILES string of the molecule is O=C(c1ccc(-c2cccc(C(O)NC3CC3)c2)cc1)N1CCN(C(=O)C2(O)CCC2)CC1. The molecule has 2 saturated carbocycles. The minimum absolute atomic E-state index is 0.0474. The van der Waals surface area contributed by atoms with Gasteiger partial charge in [0.25, 0.3) is 11.8 Å². The Balaban J connectivity index is 1.20. The van der Waals surface area contributed by atoms with Gasteiger partial charge in [-0.1, -0.05) is 30.3 Å². The lowest BCUT2D eigenvalue weighted by Crippen LogP contribution is -2.58. The number of nitrogens with zero attached hydrogens (tertiary/aromatic N) is 2. The van der Waals surface area contributed by atoms with Crippen molar-refractivity contribution in [2.75, 3.05) is 26.2 Å². The van der Waals surface area contributed by atoms with Gasteiger partial charge in [-0.25, -0.2) is 0 Å². The number of hydrogen-bond donors (Lipinski definition) is 3. The van der Waals surface area contributed by atoms with Crippen LogP contribution in [0, 0.1) is 0 Å². The number of hydrogen-bond acceptors (Lipinski definition) is 5. The Morgan fingerprint density at radius 2 is 1.61 bits per heavy atom. The van der Waals surface area contributed by atoms with Crippen LogP contribution in [-0.4, -0.2) is 69.6 Å². The monoisotopic (exact) mass is 449 g/mol. The number of aliphatic hydroxyl groups is 2. The first-order valence-electron chi connectivity index (χ1n) is 11.9. The van der Waals surface area contributed by atoms with Crippen molar-refractivity contribution < 1.29 is 19.8 Å². The lowest BCUT2D eigenvalue weighted by molar-refractivity contribution is -0.161. The molecular weight excluding hydrogens is 418 g/mol. The maximum absolute atomic E-state index is 13.0. The Morgan fingerprint density at radius 3 is 2.21 bits per heavy atom. The van der Waals surface area contributed by atoms with E-state index in [-0.39, 0.29) is 11.8 Å². The third-order valence-electron chi connectivity index (χ3n) is 7.07. The summed E-state index contributed by atoms with van der Waals surface area (Å²) in [5.41, 5.74) is 2.24. The first-order valence-corrected chi connectivity index (χ1v) is 11.9. The second-order valence-electron chi connectivity index (χ2n) is 9.52. The van der Waals surface area contributed by atoms with Gasteiger partial charge in [-0.2, -0.15) is 0 Å². The summed E-state index contributed by atoms with van der Waals surface area (Å²) in [7, 11) is 0. The molecule has 5 rings (SSSR count). The van der Waals surface area contributed by atoms with Crippen molar-refractivity contribution in [3.63, 3.8) is 0 Å². The normalized spacial score (nSPS) is 20.8. The van der Waals surface area contributed by atoms with Gasteiger partial charge in [0.05, 0.1) is 0 Å². The third-order valence-corrected chi connectivity index (χ3v) is 7.07. The van der Waals surface area contributed by atoms with Gasteiger partial charge < -0.3 is 20.0 Å². The highest BCUT2D eigenvalue weighted by molar-refractivity contribution is 5.95. The van der Waals surface area contributed by atoms with Crippen LogP contribution in [0.25, 0.3) is 11.1 Å². The predicted molar refractivity (Wildman–Crippen MR) is 124 cm³/mol. The van der Waals surface area contributed by atoms with Gasteiger partial charge in [0, 0.05) is 37.8 Å². The highest BCUT2D eigenvalue weighted by atomic mass is 16.3. The first-order chi connectivity index (χ1) is 15.9. The highest BCUT2D eigenvalue weighted by Crippen LogP contribution is 2.33. The van der Waals surface area contributed by atoms with E-state index in [0.717, 1.165) is 36.0 Å². The smallest absolute Gasteiger partial charge is 0.254 e. The van der Waals surface area contributed by atoms with Crippen molar-refractivity contribution in [1.82, 2.24) is 15.1 Å². The number of carbonyl (C=O) groups is 2. The molecule has 0 spiro atoms. The van der Waals surface area contributed by atoms with E-state index < -0.39 is 11.8 Å². The summed E-state index contributed by atoms with van der Waals surface area (Å²) in [4.78, 5) is 28.9. The number of aliphatic hydroxyl groups excluding tert-OH is 1. The van der Waals surface area contributed by atoms with E-state index in [1.807, 2.05) is 48.5 Å². The van der Waals surface area contributed by atoms with Crippen molar-refractivity contribution in [2.45, 2.75) is 50.0 Å². The highest BCUT2D eigenvalue weighted by Gasteiger charge is 2.45. The molecule has 2 aliphatic carbocycles. The summed E-state index contributed by atoms with van der Waals surface area (Å²) in [5.74, 6) is -0.237. The molecule has 0 bridgehead atoms. The van der Waals surface area contributed by atoms with Crippen molar-refractivity contribution in [3.05, 3.63) is 59.7 Å². The Hall–Kier alpha value is -2.74.